The maximum atomic E-state index is 13.7. The van der Waals surface area contributed by atoms with E-state index in [-0.39, 0.29) is 57.9 Å². The molecule has 0 saturated heterocycles. The first kappa shape index (κ1) is 57.7. The van der Waals surface area contributed by atoms with Crippen LogP contribution in [0.2, 0.25) is 0 Å². The molecule has 0 aliphatic carbocycles. The SMILES string of the molecule is CCCCCCCCOCCCCCOC(=O)CC(CC(=O)OCCCCCOC(=O)CCCCCCC)(OC(=O)CCN)C(=O)OCCCCCOC(=O)CCCCCC. The Balaban J connectivity index is 5.20. The quantitative estimate of drug-likeness (QED) is 0.0346. The molecule has 0 aliphatic rings. The van der Waals surface area contributed by atoms with Crippen molar-refractivity contribution in [3.8, 4) is 0 Å². The van der Waals surface area contributed by atoms with Gasteiger partial charge in [0.1, 0.15) is 0 Å². The van der Waals surface area contributed by atoms with Crippen molar-refractivity contribution in [2.75, 3.05) is 52.8 Å². The van der Waals surface area contributed by atoms with Crippen molar-refractivity contribution in [1.82, 2.24) is 0 Å². The number of esters is 6. The fraction of sp³-hybridized carbons (Fsp3) is 0.872. The summed E-state index contributed by atoms with van der Waals surface area (Å²) < 4.78 is 38.3. The highest BCUT2D eigenvalue weighted by Gasteiger charge is 2.49. The highest BCUT2D eigenvalue weighted by Crippen LogP contribution is 2.27. The van der Waals surface area contributed by atoms with Gasteiger partial charge in [0, 0.05) is 32.6 Å². The number of hydrogen-bond acceptors (Lipinski definition) is 14. The van der Waals surface area contributed by atoms with Crippen molar-refractivity contribution in [1.29, 1.82) is 0 Å². The second-order valence-corrected chi connectivity index (χ2v) is 15.9. The average Bonchev–Trinajstić information content (AvgIpc) is 3.23. The molecule has 2 N–H and O–H groups in total. The van der Waals surface area contributed by atoms with Crippen LogP contribution in [-0.2, 0) is 61.9 Å². The van der Waals surface area contributed by atoms with E-state index in [9.17, 15) is 28.8 Å². The lowest BCUT2D eigenvalue weighted by molar-refractivity contribution is -0.191. The van der Waals surface area contributed by atoms with Gasteiger partial charge in [0.05, 0.1) is 52.3 Å². The number of rotatable bonds is 44. The van der Waals surface area contributed by atoms with E-state index in [1.807, 2.05) is 0 Å². The summed E-state index contributed by atoms with van der Waals surface area (Å²) >= 11 is 0. The molecule has 0 aromatic carbocycles. The second kappa shape index (κ2) is 42.1. The topological polar surface area (TPSA) is 193 Å². The third-order valence-corrected chi connectivity index (χ3v) is 10.0. The minimum absolute atomic E-state index is 0.00250. The normalized spacial score (nSPS) is 12.0. The van der Waals surface area contributed by atoms with Crippen LogP contribution < -0.4 is 5.73 Å². The zero-order valence-corrected chi connectivity index (χ0v) is 38.5. The van der Waals surface area contributed by atoms with Crippen LogP contribution in [-0.4, -0.2) is 94.2 Å². The predicted molar refractivity (Wildman–Crippen MR) is 234 cm³/mol. The van der Waals surface area contributed by atoms with E-state index in [2.05, 4.69) is 20.8 Å². The molecule has 14 heteroatoms. The Morgan fingerprint density at radius 2 is 0.689 bits per heavy atom. The molecule has 61 heavy (non-hydrogen) atoms. The Kier molecular flexibility index (Phi) is 39.8. The Morgan fingerprint density at radius 1 is 0.361 bits per heavy atom. The van der Waals surface area contributed by atoms with Gasteiger partial charge < -0.3 is 38.9 Å². The minimum atomic E-state index is -2.33. The van der Waals surface area contributed by atoms with Crippen LogP contribution in [0.3, 0.4) is 0 Å². The van der Waals surface area contributed by atoms with Gasteiger partial charge in [-0.15, -0.1) is 0 Å². The van der Waals surface area contributed by atoms with Crippen molar-refractivity contribution in [3.05, 3.63) is 0 Å². The molecule has 1 unspecified atom stereocenters. The smallest absolute Gasteiger partial charge is 0.351 e. The molecule has 0 amide bonds. The summed E-state index contributed by atoms with van der Waals surface area (Å²) in [6, 6.07) is 0. The molecule has 0 aromatic heterocycles. The van der Waals surface area contributed by atoms with Crippen LogP contribution >= 0.6 is 0 Å². The van der Waals surface area contributed by atoms with E-state index >= 15 is 0 Å². The molecule has 0 spiro atoms. The van der Waals surface area contributed by atoms with Gasteiger partial charge in [-0.25, -0.2) is 4.79 Å². The van der Waals surface area contributed by atoms with Gasteiger partial charge in [0.25, 0.3) is 0 Å². The van der Waals surface area contributed by atoms with Crippen molar-refractivity contribution in [2.45, 2.75) is 213 Å². The number of nitrogens with two attached hydrogens (primary N) is 1. The molecular formula is C47H85NO13. The maximum Gasteiger partial charge on any atom is 0.351 e. The molecular weight excluding hydrogens is 787 g/mol. The first-order valence-corrected chi connectivity index (χ1v) is 23.9. The van der Waals surface area contributed by atoms with Gasteiger partial charge in [0.2, 0.25) is 5.60 Å². The number of hydrogen-bond donors (Lipinski definition) is 1. The molecule has 0 aromatic rings. The Morgan fingerprint density at radius 3 is 1.11 bits per heavy atom. The highest BCUT2D eigenvalue weighted by molar-refractivity contribution is 5.92. The zero-order valence-electron chi connectivity index (χ0n) is 38.5. The van der Waals surface area contributed by atoms with Crippen LogP contribution in [0.4, 0.5) is 0 Å². The first-order chi connectivity index (χ1) is 29.6. The Bertz CT molecular complexity index is 1130. The van der Waals surface area contributed by atoms with E-state index in [1.54, 1.807) is 0 Å². The summed E-state index contributed by atoms with van der Waals surface area (Å²) in [7, 11) is 0. The minimum Gasteiger partial charge on any atom is -0.466 e. The van der Waals surface area contributed by atoms with E-state index in [1.165, 1.54) is 32.1 Å². The third-order valence-electron chi connectivity index (χ3n) is 10.0. The predicted octanol–water partition coefficient (Wildman–Crippen LogP) is 9.33. The van der Waals surface area contributed by atoms with Crippen molar-refractivity contribution < 1.29 is 61.9 Å². The number of carbonyl (C=O) groups is 6. The van der Waals surface area contributed by atoms with E-state index < -0.39 is 42.3 Å². The lowest BCUT2D eigenvalue weighted by atomic mass is 9.94. The van der Waals surface area contributed by atoms with Gasteiger partial charge in [-0.3, -0.25) is 24.0 Å². The summed E-state index contributed by atoms with van der Waals surface area (Å²) in [6.45, 7) is 8.21. The lowest BCUT2D eigenvalue weighted by Crippen LogP contribution is -2.49. The van der Waals surface area contributed by atoms with Gasteiger partial charge in [0.15, 0.2) is 0 Å². The van der Waals surface area contributed by atoms with Gasteiger partial charge >= 0.3 is 35.8 Å². The van der Waals surface area contributed by atoms with E-state index in [0.717, 1.165) is 83.7 Å². The van der Waals surface area contributed by atoms with Crippen molar-refractivity contribution >= 4 is 35.8 Å². The Hall–Kier alpha value is -3.26. The van der Waals surface area contributed by atoms with Crippen LogP contribution in [0.25, 0.3) is 0 Å². The van der Waals surface area contributed by atoms with Gasteiger partial charge in [-0.1, -0.05) is 97.8 Å². The van der Waals surface area contributed by atoms with Crippen LogP contribution in [0, 0.1) is 0 Å². The fourth-order valence-electron chi connectivity index (χ4n) is 6.36. The van der Waals surface area contributed by atoms with Gasteiger partial charge in [-0.2, -0.15) is 0 Å². The van der Waals surface area contributed by atoms with Crippen molar-refractivity contribution in [3.63, 3.8) is 0 Å². The fourth-order valence-corrected chi connectivity index (χ4v) is 6.36. The monoisotopic (exact) mass is 872 g/mol. The zero-order chi connectivity index (χ0) is 45.1. The summed E-state index contributed by atoms with van der Waals surface area (Å²) in [6.07, 6.45) is 20.7. The summed E-state index contributed by atoms with van der Waals surface area (Å²) in [5.74, 6) is -4.10. The standard InChI is InChI=1S/C47H85NO13/c1-4-7-10-13-15-21-32-55-33-22-16-23-36-58-44(52)39-47(61-43(51)30-31-48,46(54)60-38-27-18-25-35-56-41(49)28-19-12-9-6-3)40-45(53)59-37-26-17-24-34-57-42(50)29-20-14-11-8-5-2/h4-40,48H2,1-3H3. The maximum absolute atomic E-state index is 13.7. The highest BCUT2D eigenvalue weighted by atomic mass is 16.6. The lowest BCUT2D eigenvalue weighted by Gasteiger charge is -2.30. The molecule has 0 heterocycles. The third kappa shape index (κ3) is 36.0. The van der Waals surface area contributed by atoms with E-state index in [0.29, 0.717) is 64.4 Å². The molecule has 0 rings (SSSR count). The largest absolute Gasteiger partial charge is 0.466 e. The first-order valence-electron chi connectivity index (χ1n) is 23.9. The number of ether oxygens (including phenoxy) is 7. The van der Waals surface area contributed by atoms with Crippen LogP contribution in [0.5, 0.6) is 0 Å². The molecule has 0 aliphatic heterocycles. The Labute approximate surface area is 368 Å². The molecule has 0 bridgehead atoms. The summed E-state index contributed by atoms with van der Waals surface area (Å²) in [4.78, 5) is 76.9. The summed E-state index contributed by atoms with van der Waals surface area (Å²) in [5.41, 5.74) is 3.25. The molecule has 0 fully saturated rings. The molecule has 0 saturated carbocycles. The second-order valence-electron chi connectivity index (χ2n) is 15.9. The van der Waals surface area contributed by atoms with Crippen LogP contribution in [0.15, 0.2) is 0 Å². The molecule has 14 nitrogen and oxygen atoms in total. The molecule has 1 atom stereocenters. The number of unbranched alkanes of at least 4 members (excludes halogenated alkanes) is 18. The van der Waals surface area contributed by atoms with Crippen LogP contribution in [0.1, 0.15) is 207 Å². The van der Waals surface area contributed by atoms with Gasteiger partial charge in [-0.05, 0) is 77.0 Å². The van der Waals surface area contributed by atoms with Crippen molar-refractivity contribution in [2.24, 2.45) is 5.73 Å². The van der Waals surface area contributed by atoms with E-state index in [4.69, 9.17) is 38.9 Å². The summed E-state index contributed by atoms with van der Waals surface area (Å²) in [5, 5.41) is 0. The molecule has 0 radical (unpaired) electrons. The number of carbonyl (C=O) groups excluding carboxylic acids is 6. The molecule has 356 valence electrons. The average molecular weight is 872 g/mol.